The Labute approximate surface area is 121 Å². The summed E-state index contributed by atoms with van der Waals surface area (Å²) in [4.78, 5) is 3.21. The fourth-order valence-corrected chi connectivity index (χ4v) is 2.44. The number of imidazole rings is 1. The smallest absolute Gasteiger partial charge is 0.178 e. The summed E-state index contributed by atoms with van der Waals surface area (Å²) in [6.45, 7) is 3.16. The summed E-state index contributed by atoms with van der Waals surface area (Å²) in [7, 11) is 1.92. The number of fused-ring (bicyclic) bond motifs is 1. The average Bonchev–Trinajstić information content (AvgIpc) is 2.97. The number of aromatic nitrogens is 5. The van der Waals surface area contributed by atoms with E-state index < -0.39 is 0 Å². The zero-order chi connectivity index (χ0) is 14.1. The van der Waals surface area contributed by atoms with Crippen molar-refractivity contribution in [2.75, 3.05) is 6.61 Å². The number of hydrogen-bond acceptors (Lipinski definition) is 4. The van der Waals surface area contributed by atoms with Gasteiger partial charge in [-0.2, -0.15) is 0 Å². The first-order chi connectivity index (χ1) is 9.70. The van der Waals surface area contributed by atoms with Crippen molar-refractivity contribution < 1.29 is 4.74 Å². The van der Waals surface area contributed by atoms with Crippen molar-refractivity contribution in [3.8, 4) is 5.75 Å². The molecule has 1 aromatic carbocycles. The minimum Gasteiger partial charge on any atom is -0.492 e. The maximum Gasteiger partial charge on any atom is 0.178 e. The Bertz CT molecular complexity index is 801. The van der Waals surface area contributed by atoms with Gasteiger partial charge in [-0.25, -0.2) is 0 Å². The van der Waals surface area contributed by atoms with Crippen molar-refractivity contribution in [2.24, 2.45) is 7.05 Å². The van der Waals surface area contributed by atoms with E-state index in [2.05, 4.69) is 15.2 Å². The summed E-state index contributed by atoms with van der Waals surface area (Å²) in [5, 5.41) is 7.99. The van der Waals surface area contributed by atoms with E-state index in [1.807, 2.05) is 41.3 Å². The molecule has 0 radical (unpaired) electrons. The van der Waals surface area contributed by atoms with Crippen LogP contribution in [0.1, 0.15) is 12.7 Å². The van der Waals surface area contributed by atoms with Gasteiger partial charge in [0.05, 0.1) is 18.7 Å². The highest BCUT2D eigenvalue weighted by Crippen LogP contribution is 2.25. The Morgan fingerprint density at radius 2 is 2.25 bits per heavy atom. The fraction of sp³-hybridized carbons (Fsp3) is 0.308. The van der Waals surface area contributed by atoms with E-state index in [0.717, 1.165) is 22.6 Å². The van der Waals surface area contributed by atoms with Crippen LogP contribution in [0.25, 0.3) is 11.0 Å². The molecule has 0 aliphatic heterocycles. The highest BCUT2D eigenvalue weighted by atomic mass is 32.1. The van der Waals surface area contributed by atoms with Crippen LogP contribution >= 0.6 is 12.2 Å². The predicted octanol–water partition coefficient (Wildman–Crippen LogP) is 2.27. The summed E-state index contributed by atoms with van der Waals surface area (Å²) in [6.07, 6.45) is 1.68. The third-order valence-corrected chi connectivity index (χ3v) is 3.50. The number of nitrogens with one attached hydrogen (secondary N) is 1. The summed E-state index contributed by atoms with van der Waals surface area (Å²) < 4.78 is 10.1. The average molecular weight is 289 g/mol. The molecule has 0 bridgehead atoms. The van der Waals surface area contributed by atoms with Gasteiger partial charge in [0, 0.05) is 7.05 Å². The van der Waals surface area contributed by atoms with Gasteiger partial charge in [0.15, 0.2) is 10.6 Å². The largest absolute Gasteiger partial charge is 0.492 e. The van der Waals surface area contributed by atoms with Crippen molar-refractivity contribution in [2.45, 2.75) is 13.5 Å². The molecule has 20 heavy (non-hydrogen) atoms. The SMILES string of the molecule is CCOc1cccc2c1[nH]c(=S)n2Cc1nncn1C. The summed E-state index contributed by atoms with van der Waals surface area (Å²) in [5.74, 6) is 1.66. The molecule has 0 saturated carbocycles. The second kappa shape index (κ2) is 5.09. The monoisotopic (exact) mass is 289 g/mol. The van der Waals surface area contributed by atoms with Crippen LogP contribution in [0.5, 0.6) is 5.75 Å². The van der Waals surface area contributed by atoms with Gasteiger partial charge in [-0.05, 0) is 31.3 Å². The second-order valence-corrected chi connectivity index (χ2v) is 4.84. The van der Waals surface area contributed by atoms with Gasteiger partial charge in [-0.1, -0.05) is 6.07 Å². The standard InChI is InChI=1S/C13H15N5OS/c1-3-19-10-6-4-5-9-12(10)15-13(20)18(9)7-11-16-14-8-17(11)2/h4-6,8H,3,7H2,1-2H3,(H,15,20). The molecule has 6 nitrogen and oxygen atoms in total. The van der Waals surface area contributed by atoms with Crippen LogP contribution in [0.4, 0.5) is 0 Å². The van der Waals surface area contributed by atoms with Crippen LogP contribution in [0, 0.1) is 4.77 Å². The molecule has 104 valence electrons. The van der Waals surface area contributed by atoms with Crippen LogP contribution in [0.15, 0.2) is 24.5 Å². The van der Waals surface area contributed by atoms with Crippen molar-refractivity contribution in [1.29, 1.82) is 0 Å². The lowest BCUT2D eigenvalue weighted by Gasteiger charge is -2.06. The Kier molecular flexibility index (Phi) is 3.27. The van der Waals surface area contributed by atoms with Crippen LogP contribution in [0.3, 0.4) is 0 Å². The molecule has 7 heteroatoms. The Balaban J connectivity index is 2.12. The molecule has 3 rings (SSSR count). The summed E-state index contributed by atoms with van der Waals surface area (Å²) in [6, 6.07) is 5.91. The maximum atomic E-state index is 5.62. The minimum atomic E-state index is 0.574. The lowest BCUT2D eigenvalue weighted by Crippen LogP contribution is -2.05. The number of hydrogen-bond donors (Lipinski definition) is 1. The molecule has 1 N–H and O–H groups in total. The van der Waals surface area contributed by atoms with Gasteiger partial charge in [-0.3, -0.25) is 0 Å². The van der Waals surface area contributed by atoms with E-state index in [1.54, 1.807) is 6.33 Å². The molecule has 2 heterocycles. The molecular weight excluding hydrogens is 274 g/mol. The van der Waals surface area contributed by atoms with Crippen molar-refractivity contribution in [3.05, 3.63) is 35.1 Å². The number of ether oxygens (including phenoxy) is 1. The molecule has 0 unspecified atom stereocenters. The lowest BCUT2D eigenvalue weighted by atomic mass is 10.3. The zero-order valence-electron chi connectivity index (χ0n) is 11.3. The zero-order valence-corrected chi connectivity index (χ0v) is 12.1. The fourth-order valence-electron chi connectivity index (χ4n) is 2.18. The van der Waals surface area contributed by atoms with Crippen LogP contribution < -0.4 is 4.74 Å². The third-order valence-electron chi connectivity index (χ3n) is 3.18. The van der Waals surface area contributed by atoms with E-state index >= 15 is 0 Å². The van der Waals surface area contributed by atoms with Crippen molar-refractivity contribution >= 4 is 23.3 Å². The van der Waals surface area contributed by atoms with Gasteiger partial charge in [0.1, 0.15) is 17.6 Å². The molecule has 0 fully saturated rings. The van der Waals surface area contributed by atoms with Crippen LogP contribution in [-0.4, -0.2) is 30.9 Å². The molecule has 2 aromatic heterocycles. The number of para-hydroxylation sites is 1. The molecular formula is C13H15N5OS. The second-order valence-electron chi connectivity index (χ2n) is 4.46. The third kappa shape index (κ3) is 2.09. The Morgan fingerprint density at radius 3 is 2.95 bits per heavy atom. The van der Waals surface area contributed by atoms with E-state index in [1.165, 1.54) is 0 Å². The number of aromatic amines is 1. The number of H-pyrrole nitrogens is 1. The molecule has 0 saturated heterocycles. The first-order valence-electron chi connectivity index (χ1n) is 6.38. The Morgan fingerprint density at radius 1 is 1.40 bits per heavy atom. The quantitative estimate of drug-likeness (QED) is 0.749. The normalized spacial score (nSPS) is 11.1. The van der Waals surface area contributed by atoms with Gasteiger partial charge in [0.2, 0.25) is 0 Å². The van der Waals surface area contributed by atoms with Gasteiger partial charge in [0.25, 0.3) is 0 Å². The van der Waals surface area contributed by atoms with E-state index in [0.29, 0.717) is 17.9 Å². The number of benzene rings is 1. The molecule has 0 amide bonds. The van der Waals surface area contributed by atoms with Gasteiger partial charge in [-0.15, -0.1) is 10.2 Å². The van der Waals surface area contributed by atoms with Gasteiger partial charge >= 0.3 is 0 Å². The van der Waals surface area contributed by atoms with E-state index in [-0.39, 0.29) is 0 Å². The van der Waals surface area contributed by atoms with Crippen LogP contribution in [0.2, 0.25) is 0 Å². The molecule has 0 atom stereocenters. The predicted molar refractivity (Wildman–Crippen MR) is 78.4 cm³/mol. The summed E-state index contributed by atoms with van der Waals surface area (Å²) >= 11 is 5.41. The number of aryl methyl sites for hydroxylation is 1. The lowest BCUT2D eigenvalue weighted by molar-refractivity contribution is 0.343. The van der Waals surface area contributed by atoms with Crippen molar-refractivity contribution in [3.63, 3.8) is 0 Å². The summed E-state index contributed by atoms with van der Waals surface area (Å²) in [5.41, 5.74) is 1.92. The van der Waals surface area contributed by atoms with Crippen molar-refractivity contribution in [1.82, 2.24) is 24.3 Å². The number of rotatable bonds is 4. The topological polar surface area (TPSA) is 60.7 Å². The van der Waals surface area contributed by atoms with Gasteiger partial charge < -0.3 is 18.9 Å². The first kappa shape index (κ1) is 12.9. The number of nitrogens with zero attached hydrogens (tertiary/aromatic N) is 4. The van der Waals surface area contributed by atoms with E-state index in [4.69, 9.17) is 17.0 Å². The molecule has 0 aliphatic carbocycles. The van der Waals surface area contributed by atoms with E-state index in [9.17, 15) is 0 Å². The first-order valence-corrected chi connectivity index (χ1v) is 6.78. The molecule has 0 spiro atoms. The Hall–Kier alpha value is -2.15. The molecule has 3 aromatic rings. The van der Waals surface area contributed by atoms with Crippen LogP contribution in [-0.2, 0) is 13.6 Å². The minimum absolute atomic E-state index is 0.574. The highest BCUT2D eigenvalue weighted by molar-refractivity contribution is 7.71. The highest BCUT2D eigenvalue weighted by Gasteiger charge is 2.11. The molecule has 0 aliphatic rings. The maximum absolute atomic E-state index is 5.62.